The summed E-state index contributed by atoms with van der Waals surface area (Å²) in [7, 11) is 1.65. The Morgan fingerprint density at radius 3 is 2.48 bits per heavy atom. The average Bonchev–Trinajstić information content (AvgIpc) is 3.52. The van der Waals surface area contributed by atoms with Crippen molar-refractivity contribution in [2.24, 2.45) is 0 Å². The van der Waals surface area contributed by atoms with Gasteiger partial charge in [-0.05, 0) is 42.0 Å². The first-order valence-electron chi connectivity index (χ1n) is 10.1. The van der Waals surface area contributed by atoms with E-state index in [4.69, 9.17) is 14.2 Å². The number of aromatic nitrogens is 4. The van der Waals surface area contributed by atoms with Gasteiger partial charge in [0, 0.05) is 29.9 Å². The molecule has 0 spiro atoms. The van der Waals surface area contributed by atoms with Gasteiger partial charge in [0.05, 0.1) is 37.9 Å². The minimum Gasteiger partial charge on any atom is -0.493 e. The standard InChI is InChI=1S/C24H22N4O3/c1-29-23-7-4-18(12-24(23)31-21-9-11-30-15-21)22-8-10-27-28(22)20-5-2-17(3-6-20)19-13-25-16-26-14-19/h2-8,10,12-14,16,21H,9,11,15H2,1H3. The van der Waals surface area contributed by atoms with E-state index in [1.807, 2.05) is 53.2 Å². The number of hydrogen-bond acceptors (Lipinski definition) is 6. The number of benzene rings is 2. The molecule has 5 rings (SSSR count). The summed E-state index contributed by atoms with van der Waals surface area (Å²) in [6, 6.07) is 16.1. The zero-order valence-corrected chi connectivity index (χ0v) is 17.1. The molecule has 2 aromatic carbocycles. The first-order chi connectivity index (χ1) is 15.3. The van der Waals surface area contributed by atoms with E-state index < -0.39 is 0 Å². The highest BCUT2D eigenvalue weighted by Gasteiger charge is 2.20. The third-order valence-electron chi connectivity index (χ3n) is 5.29. The molecule has 1 saturated heterocycles. The van der Waals surface area contributed by atoms with Crippen LogP contribution in [0, 0.1) is 0 Å². The van der Waals surface area contributed by atoms with Crippen molar-refractivity contribution in [2.45, 2.75) is 12.5 Å². The Kier molecular flexibility index (Phi) is 5.33. The molecule has 1 aliphatic heterocycles. The minimum atomic E-state index is 0.0450. The van der Waals surface area contributed by atoms with Crippen LogP contribution in [0.3, 0.4) is 0 Å². The molecule has 0 bridgehead atoms. The predicted octanol–water partition coefficient (Wildman–Crippen LogP) is 4.17. The molecule has 3 heterocycles. The van der Waals surface area contributed by atoms with Gasteiger partial charge in [-0.1, -0.05) is 12.1 Å². The van der Waals surface area contributed by atoms with Crippen LogP contribution in [0.4, 0.5) is 0 Å². The van der Waals surface area contributed by atoms with Crippen LogP contribution >= 0.6 is 0 Å². The van der Waals surface area contributed by atoms with Crippen LogP contribution < -0.4 is 9.47 Å². The maximum Gasteiger partial charge on any atom is 0.162 e. The highest BCUT2D eigenvalue weighted by Crippen LogP contribution is 2.34. The summed E-state index contributed by atoms with van der Waals surface area (Å²) >= 11 is 0. The lowest BCUT2D eigenvalue weighted by Crippen LogP contribution is -2.16. The lowest BCUT2D eigenvalue weighted by molar-refractivity contribution is 0.138. The monoisotopic (exact) mass is 414 g/mol. The minimum absolute atomic E-state index is 0.0450. The van der Waals surface area contributed by atoms with Gasteiger partial charge in [-0.3, -0.25) is 0 Å². The van der Waals surface area contributed by atoms with E-state index in [1.54, 1.807) is 25.7 Å². The van der Waals surface area contributed by atoms with E-state index in [0.29, 0.717) is 18.1 Å². The van der Waals surface area contributed by atoms with E-state index in [0.717, 1.165) is 41.1 Å². The van der Waals surface area contributed by atoms with Crippen LogP contribution in [-0.4, -0.2) is 46.2 Å². The first kappa shape index (κ1) is 19.3. The zero-order valence-electron chi connectivity index (χ0n) is 17.1. The Balaban J connectivity index is 1.46. The Morgan fingerprint density at radius 2 is 1.74 bits per heavy atom. The fraction of sp³-hybridized carbons (Fsp3) is 0.208. The van der Waals surface area contributed by atoms with E-state index >= 15 is 0 Å². The molecule has 156 valence electrons. The van der Waals surface area contributed by atoms with E-state index in [1.165, 1.54) is 6.33 Å². The molecule has 0 saturated carbocycles. The zero-order chi connectivity index (χ0) is 21.0. The van der Waals surface area contributed by atoms with Crippen LogP contribution in [0.1, 0.15) is 6.42 Å². The molecular formula is C24H22N4O3. The summed E-state index contributed by atoms with van der Waals surface area (Å²) in [6.07, 6.45) is 7.85. The topological polar surface area (TPSA) is 71.3 Å². The predicted molar refractivity (Wildman–Crippen MR) is 116 cm³/mol. The van der Waals surface area contributed by atoms with Gasteiger partial charge < -0.3 is 14.2 Å². The maximum atomic E-state index is 6.15. The summed E-state index contributed by atoms with van der Waals surface area (Å²) in [6.45, 7) is 1.33. The molecular weight excluding hydrogens is 392 g/mol. The second-order valence-electron chi connectivity index (χ2n) is 7.27. The second kappa shape index (κ2) is 8.57. The second-order valence-corrected chi connectivity index (χ2v) is 7.27. The molecule has 1 aliphatic rings. The Morgan fingerprint density at radius 1 is 0.935 bits per heavy atom. The number of ether oxygens (including phenoxy) is 3. The van der Waals surface area contributed by atoms with Crippen molar-refractivity contribution in [3.63, 3.8) is 0 Å². The van der Waals surface area contributed by atoms with Crippen LogP contribution in [-0.2, 0) is 4.74 Å². The number of rotatable bonds is 6. The molecule has 1 fully saturated rings. The summed E-state index contributed by atoms with van der Waals surface area (Å²) in [5, 5.41) is 4.54. The van der Waals surface area contributed by atoms with Crippen molar-refractivity contribution in [3.05, 3.63) is 73.4 Å². The van der Waals surface area contributed by atoms with Crippen molar-refractivity contribution in [1.82, 2.24) is 19.7 Å². The van der Waals surface area contributed by atoms with Gasteiger partial charge in [0.1, 0.15) is 12.4 Å². The summed E-state index contributed by atoms with van der Waals surface area (Å²) in [5.41, 5.74) is 4.95. The highest BCUT2D eigenvalue weighted by molar-refractivity contribution is 5.67. The molecule has 7 heteroatoms. The third kappa shape index (κ3) is 4.00. The van der Waals surface area contributed by atoms with E-state index in [-0.39, 0.29) is 6.10 Å². The smallest absolute Gasteiger partial charge is 0.162 e. The SMILES string of the molecule is COc1ccc(-c2ccnn2-c2ccc(-c3cncnc3)cc2)cc1OC1CCOC1. The Bertz CT molecular complexity index is 1150. The first-order valence-corrected chi connectivity index (χ1v) is 10.1. The molecule has 0 aliphatic carbocycles. The molecule has 0 N–H and O–H groups in total. The van der Waals surface area contributed by atoms with E-state index in [2.05, 4.69) is 15.1 Å². The number of hydrogen-bond donors (Lipinski definition) is 0. The average molecular weight is 414 g/mol. The van der Waals surface area contributed by atoms with Crippen LogP contribution in [0.25, 0.3) is 28.1 Å². The molecule has 7 nitrogen and oxygen atoms in total. The van der Waals surface area contributed by atoms with Crippen molar-refractivity contribution in [3.8, 4) is 39.6 Å². The highest BCUT2D eigenvalue weighted by atomic mass is 16.6. The molecule has 0 amide bonds. The van der Waals surface area contributed by atoms with Gasteiger partial charge in [-0.15, -0.1) is 0 Å². The van der Waals surface area contributed by atoms with Crippen LogP contribution in [0.15, 0.2) is 73.4 Å². The third-order valence-corrected chi connectivity index (χ3v) is 5.29. The fourth-order valence-corrected chi connectivity index (χ4v) is 3.68. The molecule has 31 heavy (non-hydrogen) atoms. The van der Waals surface area contributed by atoms with Crippen LogP contribution in [0.2, 0.25) is 0 Å². The number of methoxy groups -OCH3 is 1. The lowest BCUT2D eigenvalue weighted by atomic mass is 10.1. The normalized spacial score (nSPS) is 15.7. The van der Waals surface area contributed by atoms with Crippen molar-refractivity contribution < 1.29 is 14.2 Å². The summed E-state index contributed by atoms with van der Waals surface area (Å²) < 4.78 is 19.0. The largest absolute Gasteiger partial charge is 0.493 e. The number of nitrogens with zero attached hydrogens (tertiary/aromatic N) is 4. The maximum absolute atomic E-state index is 6.15. The quantitative estimate of drug-likeness (QED) is 0.472. The van der Waals surface area contributed by atoms with Crippen LogP contribution in [0.5, 0.6) is 11.5 Å². The van der Waals surface area contributed by atoms with Gasteiger partial charge in [0.25, 0.3) is 0 Å². The lowest BCUT2D eigenvalue weighted by Gasteiger charge is -2.16. The van der Waals surface area contributed by atoms with Gasteiger partial charge in [-0.25, -0.2) is 14.6 Å². The molecule has 1 unspecified atom stereocenters. The van der Waals surface area contributed by atoms with Crippen molar-refractivity contribution in [1.29, 1.82) is 0 Å². The van der Waals surface area contributed by atoms with Crippen molar-refractivity contribution >= 4 is 0 Å². The summed E-state index contributed by atoms with van der Waals surface area (Å²) in [5.74, 6) is 1.42. The van der Waals surface area contributed by atoms with Gasteiger partial charge in [0.2, 0.25) is 0 Å². The van der Waals surface area contributed by atoms with Gasteiger partial charge in [0.15, 0.2) is 11.5 Å². The Hall–Kier alpha value is -3.71. The Labute approximate surface area is 180 Å². The van der Waals surface area contributed by atoms with E-state index in [9.17, 15) is 0 Å². The fourth-order valence-electron chi connectivity index (χ4n) is 3.68. The van der Waals surface area contributed by atoms with Crippen molar-refractivity contribution in [2.75, 3.05) is 20.3 Å². The van der Waals surface area contributed by atoms with Gasteiger partial charge in [-0.2, -0.15) is 5.10 Å². The van der Waals surface area contributed by atoms with Gasteiger partial charge >= 0.3 is 0 Å². The summed E-state index contributed by atoms with van der Waals surface area (Å²) in [4.78, 5) is 8.17. The molecule has 2 aromatic heterocycles. The molecule has 0 radical (unpaired) electrons. The molecule has 4 aromatic rings. The molecule has 1 atom stereocenters.